The second-order valence-corrected chi connectivity index (χ2v) is 7.31. The fourth-order valence-corrected chi connectivity index (χ4v) is 3.80. The van der Waals surface area contributed by atoms with Crippen molar-refractivity contribution >= 4 is 50.1 Å². The first-order valence-electron chi connectivity index (χ1n) is 6.77. The van der Waals surface area contributed by atoms with Gasteiger partial charge in [-0.05, 0) is 75.9 Å². The molecular formula is C17H17BrClI. The van der Waals surface area contributed by atoms with Crippen LogP contribution in [0.2, 0.25) is 0 Å². The number of rotatable bonds is 4. The highest BCUT2D eigenvalue weighted by Gasteiger charge is 2.17. The van der Waals surface area contributed by atoms with Crippen LogP contribution in [0, 0.1) is 3.57 Å². The number of hydrogen-bond donors (Lipinski definition) is 0. The lowest BCUT2D eigenvalue weighted by Gasteiger charge is -2.17. The second kappa shape index (κ2) is 7.28. The molecule has 0 saturated heterocycles. The smallest absolute Gasteiger partial charge is 0.0849 e. The van der Waals surface area contributed by atoms with Crippen molar-refractivity contribution in [2.24, 2.45) is 0 Å². The summed E-state index contributed by atoms with van der Waals surface area (Å²) in [6.45, 7) is 4.35. The maximum absolute atomic E-state index is 6.79. The Morgan fingerprint density at radius 3 is 2.45 bits per heavy atom. The molecule has 0 heterocycles. The molecule has 0 saturated carbocycles. The molecule has 106 valence electrons. The molecule has 0 spiro atoms. The quantitative estimate of drug-likeness (QED) is 0.358. The van der Waals surface area contributed by atoms with Crippen LogP contribution in [0.1, 0.15) is 41.5 Å². The van der Waals surface area contributed by atoms with E-state index in [2.05, 4.69) is 88.8 Å². The molecule has 0 radical (unpaired) electrons. The Bertz CT molecular complexity index is 610. The first-order chi connectivity index (χ1) is 9.56. The van der Waals surface area contributed by atoms with Gasteiger partial charge in [0, 0.05) is 8.04 Å². The average Bonchev–Trinajstić information content (AvgIpc) is 2.48. The van der Waals surface area contributed by atoms with Gasteiger partial charge >= 0.3 is 0 Å². The minimum atomic E-state index is -0.111. The third kappa shape index (κ3) is 3.58. The largest absolute Gasteiger partial charge is 0.113 e. The number of hydrogen-bond acceptors (Lipinski definition) is 0. The minimum absolute atomic E-state index is 0.111. The zero-order valence-corrected chi connectivity index (χ0v) is 16.1. The monoisotopic (exact) mass is 462 g/mol. The van der Waals surface area contributed by atoms with E-state index in [1.807, 2.05) is 0 Å². The Balaban J connectivity index is 2.51. The van der Waals surface area contributed by atoms with Crippen LogP contribution in [0.3, 0.4) is 0 Å². The van der Waals surface area contributed by atoms with Gasteiger partial charge in [-0.2, -0.15) is 0 Å². The number of alkyl halides is 1. The standard InChI is InChI=1S/C17H17BrClI/c1-3-11-5-6-12(4-2)14(9-11)17(19)15-10-13(20)7-8-16(15)18/h5-10,17H,3-4H2,1-2H3. The van der Waals surface area contributed by atoms with Crippen molar-refractivity contribution < 1.29 is 0 Å². The minimum Gasteiger partial charge on any atom is -0.113 e. The van der Waals surface area contributed by atoms with E-state index in [-0.39, 0.29) is 5.38 Å². The van der Waals surface area contributed by atoms with Crippen molar-refractivity contribution in [1.82, 2.24) is 0 Å². The number of benzene rings is 2. The number of aryl methyl sites for hydroxylation is 2. The molecule has 2 rings (SSSR count). The summed E-state index contributed by atoms with van der Waals surface area (Å²) in [5.41, 5.74) is 5.04. The van der Waals surface area contributed by atoms with Crippen molar-refractivity contribution in [2.75, 3.05) is 0 Å². The molecule has 1 unspecified atom stereocenters. The molecule has 2 aromatic rings. The summed E-state index contributed by atoms with van der Waals surface area (Å²) >= 11 is 12.7. The highest BCUT2D eigenvalue weighted by Crippen LogP contribution is 2.37. The summed E-state index contributed by atoms with van der Waals surface area (Å²) < 4.78 is 2.28. The van der Waals surface area contributed by atoms with E-state index < -0.39 is 0 Å². The molecule has 0 amide bonds. The van der Waals surface area contributed by atoms with Crippen LogP contribution >= 0.6 is 50.1 Å². The molecule has 0 aliphatic carbocycles. The first-order valence-corrected chi connectivity index (χ1v) is 9.08. The van der Waals surface area contributed by atoms with Crippen LogP contribution in [0.4, 0.5) is 0 Å². The van der Waals surface area contributed by atoms with Crippen molar-refractivity contribution in [3.8, 4) is 0 Å². The van der Waals surface area contributed by atoms with Gasteiger partial charge in [0.25, 0.3) is 0 Å². The van der Waals surface area contributed by atoms with Crippen LogP contribution in [0.15, 0.2) is 40.9 Å². The molecule has 1 atom stereocenters. The summed E-state index contributed by atoms with van der Waals surface area (Å²) in [7, 11) is 0. The van der Waals surface area contributed by atoms with E-state index in [1.165, 1.54) is 20.3 Å². The average molecular weight is 464 g/mol. The van der Waals surface area contributed by atoms with Gasteiger partial charge in [-0.15, -0.1) is 11.6 Å². The normalized spacial score (nSPS) is 12.4. The molecule has 0 N–H and O–H groups in total. The van der Waals surface area contributed by atoms with Gasteiger partial charge in [0.1, 0.15) is 0 Å². The van der Waals surface area contributed by atoms with Gasteiger partial charge in [0.2, 0.25) is 0 Å². The molecule has 20 heavy (non-hydrogen) atoms. The van der Waals surface area contributed by atoms with E-state index in [1.54, 1.807) is 0 Å². The molecule has 2 aromatic carbocycles. The Kier molecular flexibility index (Phi) is 5.94. The summed E-state index contributed by atoms with van der Waals surface area (Å²) in [4.78, 5) is 0. The number of halogens is 3. The van der Waals surface area contributed by atoms with Gasteiger partial charge in [-0.25, -0.2) is 0 Å². The van der Waals surface area contributed by atoms with Crippen molar-refractivity contribution in [3.63, 3.8) is 0 Å². The van der Waals surface area contributed by atoms with Gasteiger partial charge in [0.15, 0.2) is 0 Å². The summed E-state index contributed by atoms with van der Waals surface area (Å²) in [5.74, 6) is 0. The zero-order chi connectivity index (χ0) is 14.7. The van der Waals surface area contributed by atoms with Crippen LogP contribution in [0.25, 0.3) is 0 Å². The maximum atomic E-state index is 6.79. The van der Waals surface area contributed by atoms with Gasteiger partial charge < -0.3 is 0 Å². The van der Waals surface area contributed by atoms with Crippen molar-refractivity contribution in [3.05, 3.63) is 66.7 Å². The van der Waals surface area contributed by atoms with Crippen molar-refractivity contribution in [2.45, 2.75) is 32.1 Å². The molecule has 0 nitrogen and oxygen atoms in total. The van der Waals surface area contributed by atoms with E-state index in [9.17, 15) is 0 Å². The Labute approximate surface area is 148 Å². The molecule has 0 aromatic heterocycles. The van der Waals surface area contributed by atoms with Gasteiger partial charge in [-0.3, -0.25) is 0 Å². The Morgan fingerprint density at radius 2 is 1.80 bits per heavy atom. The molecule has 3 heteroatoms. The summed E-state index contributed by atoms with van der Waals surface area (Å²) in [6, 6.07) is 13.0. The topological polar surface area (TPSA) is 0 Å². The van der Waals surface area contributed by atoms with E-state index in [0.717, 1.165) is 22.9 Å². The fourth-order valence-electron chi connectivity index (χ4n) is 2.30. The van der Waals surface area contributed by atoms with Gasteiger partial charge in [0.05, 0.1) is 5.38 Å². The predicted molar refractivity (Wildman–Crippen MR) is 99.8 cm³/mol. The summed E-state index contributed by atoms with van der Waals surface area (Å²) in [5, 5.41) is -0.111. The molecule has 0 aliphatic heterocycles. The lowest BCUT2D eigenvalue weighted by molar-refractivity contribution is 1.01. The molecule has 0 aliphatic rings. The SMILES string of the molecule is CCc1ccc(CC)c(C(Cl)c2cc(I)ccc2Br)c1. The zero-order valence-electron chi connectivity index (χ0n) is 11.6. The Morgan fingerprint density at radius 1 is 1.05 bits per heavy atom. The maximum Gasteiger partial charge on any atom is 0.0849 e. The predicted octanol–water partition coefficient (Wildman–Crippen LogP) is 6.51. The van der Waals surface area contributed by atoms with E-state index in [0.29, 0.717) is 0 Å². The van der Waals surface area contributed by atoms with Crippen LogP contribution in [-0.2, 0) is 12.8 Å². The van der Waals surface area contributed by atoms with Crippen LogP contribution in [0.5, 0.6) is 0 Å². The van der Waals surface area contributed by atoms with Crippen LogP contribution < -0.4 is 0 Å². The molecule has 0 fully saturated rings. The van der Waals surface area contributed by atoms with Crippen molar-refractivity contribution in [1.29, 1.82) is 0 Å². The van der Waals surface area contributed by atoms with E-state index >= 15 is 0 Å². The van der Waals surface area contributed by atoms with E-state index in [4.69, 9.17) is 11.6 Å². The first kappa shape index (κ1) is 16.3. The lowest BCUT2D eigenvalue weighted by Crippen LogP contribution is -2.01. The third-order valence-electron chi connectivity index (χ3n) is 3.50. The highest BCUT2D eigenvalue weighted by atomic mass is 127. The Hall–Kier alpha value is -0.0600. The molecular weight excluding hydrogens is 446 g/mol. The lowest BCUT2D eigenvalue weighted by atomic mass is 9.95. The molecule has 0 bridgehead atoms. The fraction of sp³-hybridized carbons (Fsp3) is 0.294. The van der Waals surface area contributed by atoms with Crippen LogP contribution in [-0.4, -0.2) is 0 Å². The summed E-state index contributed by atoms with van der Waals surface area (Å²) in [6.07, 6.45) is 2.04. The van der Waals surface area contributed by atoms with Gasteiger partial charge in [-0.1, -0.05) is 48.0 Å². The highest BCUT2D eigenvalue weighted by molar-refractivity contribution is 14.1. The second-order valence-electron chi connectivity index (χ2n) is 4.77. The third-order valence-corrected chi connectivity index (χ3v) is 5.37.